The summed E-state index contributed by atoms with van der Waals surface area (Å²) >= 11 is 0. The van der Waals surface area contributed by atoms with Crippen LogP contribution in [0, 0.1) is 0 Å². The van der Waals surface area contributed by atoms with Crippen molar-refractivity contribution in [3.8, 4) is 11.5 Å². The molecule has 0 radical (unpaired) electrons. The molecule has 0 heterocycles. The van der Waals surface area contributed by atoms with E-state index < -0.39 is 0 Å². The number of hydrogen-bond donors (Lipinski definition) is 2. The second kappa shape index (κ2) is 9.54. The van der Waals surface area contributed by atoms with E-state index in [9.17, 15) is 4.79 Å². The quantitative estimate of drug-likeness (QED) is 0.806. The SMILES string of the molecule is COc1cc(C(C)NC(=O)CC(C)N)ccc1OC(C)C.Cl. The maximum atomic E-state index is 11.8. The van der Waals surface area contributed by atoms with E-state index in [0.717, 1.165) is 5.56 Å². The second-order valence-corrected chi connectivity index (χ2v) is 5.55. The third-order valence-corrected chi connectivity index (χ3v) is 2.94. The standard InChI is InChI=1S/C16H26N2O3.ClH/c1-10(2)21-14-7-6-13(9-15(14)20-5)12(4)18-16(19)8-11(3)17;/h6-7,9-12H,8,17H2,1-5H3,(H,18,19);1H. The molecule has 1 aromatic carbocycles. The van der Waals surface area contributed by atoms with Crippen molar-refractivity contribution in [3.63, 3.8) is 0 Å². The van der Waals surface area contributed by atoms with Crippen molar-refractivity contribution in [1.82, 2.24) is 5.32 Å². The van der Waals surface area contributed by atoms with Gasteiger partial charge >= 0.3 is 0 Å². The van der Waals surface area contributed by atoms with Crippen LogP contribution in [0.3, 0.4) is 0 Å². The van der Waals surface area contributed by atoms with Crippen molar-refractivity contribution in [2.24, 2.45) is 5.73 Å². The molecule has 0 aliphatic heterocycles. The largest absolute Gasteiger partial charge is 0.493 e. The highest BCUT2D eigenvalue weighted by Crippen LogP contribution is 2.31. The number of nitrogens with two attached hydrogens (primary N) is 1. The molecule has 5 nitrogen and oxygen atoms in total. The Labute approximate surface area is 139 Å². The van der Waals surface area contributed by atoms with Crippen molar-refractivity contribution in [1.29, 1.82) is 0 Å². The Morgan fingerprint density at radius 1 is 1.23 bits per heavy atom. The molecule has 3 N–H and O–H groups in total. The maximum Gasteiger partial charge on any atom is 0.222 e. The van der Waals surface area contributed by atoms with E-state index in [1.54, 1.807) is 7.11 Å². The minimum Gasteiger partial charge on any atom is -0.493 e. The average molecular weight is 331 g/mol. The van der Waals surface area contributed by atoms with Gasteiger partial charge in [0.1, 0.15) is 0 Å². The molecule has 2 unspecified atom stereocenters. The average Bonchev–Trinajstić information content (AvgIpc) is 2.37. The Bertz CT molecular complexity index is 478. The van der Waals surface area contributed by atoms with E-state index in [1.807, 2.05) is 45.9 Å². The Hall–Kier alpha value is -1.46. The summed E-state index contributed by atoms with van der Waals surface area (Å²) in [5.74, 6) is 1.30. The Morgan fingerprint density at radius 3 is 2.36 bits per heavy atom. The first kappa shape index (κ1) is 20.5. The van der Waals surface area contributed by atoms with Crippen molar-refractivity contribution in [2.75, 3.05) is 7.11 Å². The first-order valence-corrected chi connectivity index (χ1v) is 7.23. The lowest BCUT2D eigenvalue weighted by Gasteiger charge is -2.18. The monoisotopic (exact) mass is 330 g/mol. The molecule has 1 aromatic rings. The molecule has 1 amide bonds. The molecule has 0 bridgehead atoms. The van der Waals surface area contributed by atoms with Crippen LogP contribution in [0.2, 0.25) is 0 Å². The third kappa shape index (κ3) is 6.54. The van der Waals surface area contributed by atoms with Crippen LogP contribution in [0.25, 0.3) is 0 Å². The molecule has 1 rings (SSSR count). The molecule has 0 fully saturated rings. The number of ether oxygens (including phenoxy) is 2. The topological polar surface area (TPSA) is 73.6 Å². The zero-order chi connectivity index (χ0) is 16.0. The van der Waals surface area contributed by atoms with Crippen LogP contribution >= 0.6 is 12.4 Å². The predicted molar refractivity (Wildman–Crippen MR) is 90.8 cm³/mol. The van der Waals surface area contributed by atoms with Gasteiger partial charge in [0.15, 0.2) is 11.5 Å². The number of benzene rings is 1. The minimum absolute atomic E-state index is 0. The van der Waals surface area contributed by atoms with E-state index >= 15 is 0 Å². The van der Waals surface area contributed by atoms with E-state index in [1.165, 1.54) is 0 Å². The molecule has 0 aliphatic carbocycles. The number of carbonyl (C=O) groups excluding carboxylic acids is 1. The third-order valence-electron chi connectivity index (χ3n) is 2.94. The number of amides is 1. The molecule has 2 atom stereocenters. The zero-order valence-corrected chi connectivity index (χ0v) is 14.7. The molecule has 0 saturated carbocycles. The van der Waals surface area contributed by atoms with Gasteiger partial charge in [-0.1, -0.05) is 6.07 Å². The Balaban J connectivity index is 0.00000441. The number of nitrogens with one attached hydrogen (secondary N) is 1. The van der Waals surface area contributed by atoms with Gasteiger partial charge in [-0.15, -0.1) is 12.4 Å². The lowest BCUT2D eigenvalue weighted by Crippen LogP contribution is -2.31. The first-order chi connectivity index (χ1) is 9.83. The van der Waals surface area contributed by atoms with E-state index in [4.69, 9.17) is 15.2 Å². The summed E-state index contributed by atoms with van der Waals surface area (Å²) in [4.78, 5) is 11.8. The second-order valence-electron chi connectivity index (χ2n) is 5.55. The van der Waals surface area contributed by atoms with Crippen LogP contribution in [0.15, 0.2) is 18.2 Å². The molecular formula is C16H27ClN2O3. The van der Waals surface area contributed by atoms with Gasteiger partial charge in [0, 0.05) is 12.5 Å². The molecule has 126 valence electrons. The first-order valence-electron chi connectivity index (χ1n) is 7.23. The number of halogens is 1. The molecule has 22 heavy (non-hydrogen) atoms. The smallest absolute Gasteiger partial charge is 0.222 e. The number of carbonyl (C=O) groups is 1. The summed E-state index contributed by atoms with van der Waals surface area (Å²) in [7, 11) is 1.60. The summed E-state index contributed by atoms with van der Waals surface area (Å²) in [5.41, 5.74) is 6.58. The van der Waals surface area contributed by atoms with Crippen molar-refractivity contribution >= 4 is 18.3 Å². The Kier molecular flexibility index (Phi) is 8.90. The van der Waals surface area contributed by atoms with Crippen LogP contribution in [-0.4, -0.2) is 25.2 Å². The van der Waals surface area contributed by atoms with E-state index in [2.05, 4.69) is 5.32 Å². The summed E-state index contributed by atoms with van der Waals surface area (Å²) < 4.78 is 11.0. The number of hydrogen-bond acceptors (Lipinski definition) is 4. The highest BCUT2D eigenvalue weighted by atomic mass is 35.5. The van der Waals surface area contributed by atoms with Gasteiger partial charge in [-0.2, -0.15) is 0 Å². The van der Waals surface area contributed by atoms with Crippen LogP contribution in [-0.2, 0) is 4.79 Å². The lowest BCUT2D eigenvalue weighted by molar-refractivity contribution is -0.122. The van der Waals surface area contributed by atoms with E-state index in [0.29, 0.717) is 17.9 Å². The molecule has 0 aliphatic rings. The van der Waals surface area contributed by atoms with Crippen LogP contribution in [0.5, 0.6) is 11.5 Å². The van der Waals surface area contributed by atoms with Gasteiger partial charge in [-0.05, 0) is 45.4 Å². The highest BCUT2D eigenvalue weighted by Gasteiger charge is 2.14. The summed E-state index contributed by atoms with van der Waals surface area (Å²) in [5, 5.41) is 2.92. The van der Waals surface area contributed by atoms with Gasteiger partial charge < -0.3 is 20.5 Å². The predicted octanol–water partition coefficient (Wildman–Crippen LogP) is 2.82. The van der Waals surface area contributed by atoms with Crippen molar-refractivity contribution in [2.45, 2.75) is 52.3 Å². The van der Waals surface area contributed by atoms with Crippen molar-refractivity contribution in [3.05, 3.63) is 23.8 Å². The Morgan fingerprint density at radius 2 is 1.86 bits per heavy atom. The normalized spacial score (nSPS) is 13.0. The lowest BCUT2D eigenvalue weighted by atomic mass is 10.1. The van der Waals surface area contributed by atoms with Crippen LogP contribution in [0.4, 0.5) is 0 Å². The fraction of sp³-hybridized carbons (Fsp3) is 0.562. The van der Waals surface area contributed by atoms with Gasteiger partial charge in [0.25, 0.3) is 0 Å². The minimum atomic E-state index is -0.145. The van der Waals surface area contributed by atoms with E-state index in [-0.39, 0.29) is 36.5 Å². The highest BCUT2D eigenvalue weighted by molar-refractivity contribution is 5.85. The summed E-state index contributed by atoms with van der Waals surface area (Å²) in [6, 6.07) is 5.42. The van der Waals surface area contributed by atoms with Gasteiger partial charge in [0.05, 0.1) is 19.3 Å². The van der Waals surface area contributed by atoms with Gasteiger partial charge in [0.2, 0.25) is 5.91 Å². The van der Waals surface area contributed by atoms with Crippen LogP contribution in [0.1, 0.15) is 45.7 Å². The molecule has 0 spiro atoms. The molecular weight excluding hydrogens is 304 g/mol. The zero-order valence-electron chi connectivity index (χ0n) is 13.9. The fourth-order valence-corrected chi connectivity index (χ4v) is 1.98. The summed E-state index contributed by atoms with van der Waals surface area (Å²) in [6.07, 6.45) is 0.392. The fourth-order valence-electron chi connectivity index (χ4n) is 1.98. The van der Waals surface area contributed by atoms with Crippen LogP contribution < -0.4 is 20.5 Å². The van der Waals surface area contributed by atoms with Crippen molar-refractivity contribution < 1.29 is 14.3 Å². The molecule has 6 heteroatoms. The van der Waals surface area contributed by atoms with Gasteiger partial charge in [-0.25, -0.2) is 0 Å². The molecule has 0 saturated heterocycles. The van der Waals surface area contributed by atoms with Gasteiger partial charge in [-0.3, -0.25) is 4.79 Å². The number of methoxy groups -OCH3 is 1. The number of rotatable bonds is 7. The maximum absolute atomic E-state index is 11.8. The summed E-state index contributed by atoms with van der Waals surface area (Å²) in [6.45, 7) is 7.66. The molecule has 0 aromatic heterocycles.